The van der Waals surface area contributed by atoms with E-state index in [0.29, 0.717) is 11.8 Å². The first-order valence-electron chi connectivity index (χ1n) is 12.5. The molecule has 0 aliphatic carbocycles. The Morgan fingerprint density at radius 3 is 2.17 bits per heavy atom. The molecule has 0 saturated carbocycles. The summed E-state index contributed by atoms with van der Waals surface area (Å²) in [7, 11) is 0. The third-order valence-corrected chi connectivity index (χ3v) is 7.29. The van der Waals surface area contributed by atoms with E-state index in [9.17, 15) is 0 Å². The van der Waals surface area contributed by atoms with Crippen LogP contribution in [0.4, 0.5) is 5.69 Å². The van der Waals surface area contributed by atoms with Crippen molar-refractivity contribution >= 4 is 21.6 Å². The van der Waals surface area contributed by atoms with Gasteiger partial charge >= 0.3 is 82.7 Å². The van der Waals surface area contributed by atoms with Crippen molar-refractivity contribution < 1.29 is 22.6 Å². The molecule has 1 aliphatic heterocycles. The molecule has 0 unspecified atom stereocenters. The van der Waals surface area contributed by atoms with E-state index in [1.54, 1.807) is 0 Å². The Balaban J connectivity index is 0.000000241. The molecule has 35 heavy (non-hydrogen) atoms. The molecule has 0 atom stereocenters. The maximum Gasteiger partial charge on any atom is 0.0162 e. The Kier molecular flexibility index (Phi) is 10.7. The van der Waals surface area contributed by atoms with Crippen molar-refractivity contribution in [3.63, 3.8) is 0 Å². The van der Waals surface area contributed by atoms with Crippen molar-refractivity contribution in [2.75, 3.05) is 18.0 Å². The van der Waals surface area contributed by atoms with Gasteiger partial charge in [-0.3, -0.25) is 0 Å². The van der Waals surface area contributed by atoms with Crippen LogP contribution >= 0.6 is 11.3 Å². The van der Waals surface area contributed by atoms with Gasteiger partial charge in [-0.15, -0.1) is 11.3 Å². The van der Waals surface area contributed by atoms with E-state index in [1.807, 2.05) is 54.1 Å². The van der Waals surface area contributed by atoms with Crippen LogP contribution in [0.25, 0.3) is 0 Å². The zero-order valence-electron chi connectivity index (χ0n) is 21.8. The van der Waals surface area contributed by atoms with E-state index in [-0.39, 0.29) is 6.10 Å². The summed E-state index contributed by atoms with van der Waals surface area (Å²) in [6.07, 6.45) is 0.234. The zero-order valence-corrected chi connectivity index (χ0v) is 24.4. The summed E-state index contributed by atoms with van der Waals surface area (Å²) in [6.45, 7) is 18.8. The SMILES string of the molecule is CC(C)Oc1ccccc1[CH]=[Ru+].CC(C)c1cccc(C(C)C)c1N1[CH-]N(Cc2cccs2)CC1. The van der Waals surface area contributed by atoms with E-state index < -0.39 is 0 Å². The summed E-state index contributed by atoms with van der Waals surface area (Å²) in [5.74, 6) is 2.04. The van der Waals surface area contributed by atoms with Crippen LogP contribution in [-0.4, -0.2) is 28.7 Å². The topological polar surface area (TPSA) is 15.7 Å². The Morgan fingerprint density at radius 1 is 0.914 bits per heavy atom. The van der Waals surface area contributed by atoms with Gasteiger partial charge in [0.25, 0.3) is 0 Å². The van der Waals surface area contributed by atoms with Crippen LogP contribution in [0.5, 0.6) is 5.75 Å². The predicted octanol–water partition coefficient (Wildman–Crippen LogP) is 7.61. The minimum absolute atomic E-state index is 0.234. The fourth-order valence-corrected chi connectivity index (χ4v) is 5.35. The van der Waals surface area contributed by atoms with Gasteiger partial charge in [-0.1, -0.05) is 52.0 Å². The van der Waals surface area contributed by atoms with E-state index in [4.69, 9.17) is 4.74 Å². The average Bonchev–Trinajstić information content (AvgIpc) is 3.51. The summed E-state index contributed by atoms with van der Waals surface area (Å²) in [5.41, 5.74) is 5.49. The quantitative estimate of drug-likeness (QED) is 0.203. The number of benzene rings is 2. The molecule has 1 aliphatic rings. The van der Waals surface area contributed by atoms with Crippen molar-refractivity contribution in [2.24, 2.45) is 0 Å². The fourth-order valence-electron chi connectivity index (χ4n) is 4.21. The smallest absolute Gasteiger partial charge is 0.0162 e. The molecule has 0 amide bonds. The second-order valence-electron chi connectivity index (χ2n) is 9.76. The Hall–Kier alpha value is -1.81. The number of rotatable bonds is 8. The van der Waals surface area contributed by atoms with Crippen molar-refractivity contribution in [3.05, 3.63) is 88.2 Å². The molecule has 3 nitrogen and oxygen atoms in total. The maximum atomic E-state index is 5.59. The first-order chi connectivity index (χ1) is 16.8. The fraction of sp³-hybridized carbons (Fsp3) is 0.400. The van der Waals surface area contributed by atoms with E-state index in [2.05, 4.69) is 97.7 Å². The standard InChI is InChI=1S/C20H27N2S.C10H12O.Ru/c1-15(2)18-8-5-9-19(16(3)4)20(18)22-11-10-21(14-22)13-17-7-6-12-23-17;1-8(2)11-10-7-5-4-6-9(10)3;/h5-9,12,14-16H,10-11,13H2,1-4H3;3-8H,1-2H3;/q-1;;+1. The van der Waals surface area contributed by atoms with Crippen LogP contribution in [0.2, 0.25) is 0 Å². The van der Waals surface area contributed by atoms with Crippen LogP contribution in [-0.2, 0) is 24.4 Å². The van der Waals surface area contributed by atoms with Gasteiger partial charge in [0.2, 0.25) is 0 Å². The monoisotopic (exact) mass is 577 g/mol. The normalized spacial score (nSPS) is 13.9. The second kappa shape index (κ2) is 13.5. The Morgan fingerprint density at radius 2 is 1.60 bits per heavy atom. The molecule has 0 bridgehead atoms. The number of nitrogens with zero attached hydrogens (tertiary/aromatic N) is 2. The number of para-hydroxylation sites is 2. The number of thiophene rings is 1. The minimum Gasteiger partial charge on any atom is -0.507 e. The molecule has 2 aromatic carbocycles. The van der Waals surface area contributed by atoms with Crippen molar-refractivity contribution in [1.29, 1.82) is 0 Å². The minimum atomic E-state index is 0.234. The van der Waals surface area contributed by atoms with Gasteiger partial charge in [-0.2, -0.15) is 6.67 Å². The molecule has 0 spiro atoms. The Labute approximate surface area is 226 Å². The predicted molar refractivity (Wildman–Crippen MR) is 148 cm³/mol. The van der Waals surface area contributed by atoms with E-state index in [0.717, 1.165) is 30.9 Å². The summed E-state index contributed by atoms with van der Waals surface area (Å²) in [5, 5.41) is 2.16. The third kappa shape index (κ3) is 7.84. The molecule has 2 heterocycles. The van der Waals surface area contributed by atoms with E-state index >= 15 is 0 Å². The van der Waals surface area contributed by atoms with Crippen molar-refractivity contribution in [3.8, 4) is 5.75 Å². The number of hydrogen-bond donors (Lipinski definition) is 0. The average molecular weight is 577 g/mol. The molecular formula is C30H39N2ORuS. The van der Waals surface area contributed by atoms with Gasteiger partial charge in [0.05, 0.1) is 0 Å². The van der Waals surface area contributed by atoms with Crippen LogP contribution < -0.4 is 9.64 Å². The summed E-state index contributed by atoms with van der Waals surface area (Å²) in [4.78, 5) is 6.34. The summed E-state index contributed by atoms with van der Waals surface area (Å²) < 4.78 is 7.58. The van der Waals surface area contributed by atoms with Gasteiger partial charge in [-0.05, 0) is 41.0 Å². The number of ether oxygens (including phenoxy) is 1. The maximum absolute atomic E-state index is 5.59. The van der Waals surface area contributed by atoms with E-state index in [1.165, 1.54) is 21.7 Å². The molecule has 189 valence electrons. The summed E-state index contributed by atoms with van der Waals surface area (Å²) >= 11 is 4.34. The van der Waals surface area contributed by atoms with Gasteiger partial charge in [0.1, 0.15) is 0 Å². The van der Waals surface area contributed by atoms with Gasteiger partial charge in [0.15, 0.2) is 0 Å². The zero-order chi connectivity index (χ0) is 25.4. The van der Waals surface area contributed by atoms with Gasteiger partial charge in [0, 0.05) is 23.7 Å². The van der Waals surface area contributed by atoms with Gasteiger partial charge in [-0.25, -0.2) is 0 Å². The third-order valence-electron chi connectivity index (χ3n) is 5.89. The van der Waals surface area contributed by atoms with Crippen LogP contribution in [0.15, 0.2) is 60.0 Å². The molecule has 4 rings (SSSR count). The molecule has 0 N–H and O–H groups in total. The van der Waals surface area contributed by atoms with Crippen LogP contribution in [0.1, 0.15) is 74.9 Å². The summed E-state index contributed by atoms with van der Waals surface area (Å²) in [6, 6.07) is 19.2. The molecule has 1 aromatic heterocycles. The first-order valence-corrected chi connectivity index (χ1v) is 14.4. The Bertz CT molecular complexity index is 1040. The van der Waals surface area contributed by atoms with Crippen LogP contribution in [0, 0.1) is 6.67 Å². The van der Waals surface area contributed by atoms with Crippen molar-refractivity contribution in [1.82, 2.24) is 4.90 Å². The van der Waals surface area contributed by atoms with Gasteiger partial charge < -0.3 is 9.80 Å². The molecule has 0 radical (unpaired) electrons. The van der Waals surface area contributed by atoms with Crippen molar-refractivity contribution in [2.45, 2.75) is 66.0 Å². The number of hydrogen-bond acceptors (Lipinski definition) is 4. The molecular weight excluding hydrogens is 537 g/mol. The molecule has 3 aromatic rings. The molecule has 5 heteroatoms. The first kappa shape index (κ1) is 27.8. The molecule has 1 saturated heterocycles. The largest absolute Gasteiger partial charge is 0.507 e. The molecule has 1 fully saturated rings. The second-order valence-corrected chi connectivity index (χ2v) is 11.3. The number of anilines is 1. The van der Waals surface area contributed by atoms with Crippen LogP contribution in [0.3, 0.4) is 0 Å².